The van der Waals surface area contributed by atoms with E-state index in [0.29, 0.717) is 5.56 Å². The number of benzene rings is 1. The predicted molar refractivity (Wildman–Crippen MR) is 60.3 cm³/mol. The van der Waals surface area contributed by atoms with Crippen molar-refractivity contribution in [3.8, 4) is 0 Å². The topological polar surface area (TPSA) is 63.3 Å². The van der Waals surface area contributed by atoms with E-state index in [1.165, 1.54) is 0 Å². The molecule has 1 aromatic carbocycles. The SMILES string of the molecule is NC1CCCSc2cc(C(=O)O)ccc21. The molecule has 2 rings (SSSR count). The number of carbonyl (C=O) groups is 1. The number of carboxylic acids is 1. The molecule has 0 spiro atoms. The Labute approximate surface area is 92.7 Å². The van der Waals surface area contributed by atoms with E-state index in [2.05, 4.69) is 0 Å². The molecule has 4 heteroatoms. The van der Waals surface area contributed by atoms with Gasteiger partial charge in [0.05, 0.1) is 5.56 Å². The van der Waals surface area contributed by atoms with Crippen molar-refractivity contribution in [1.82, 2.24) is 0 Å². The minimum absolute atomic E-state index is 0.0536. The lowest BCUT2D eigenvalue weighted by atomic mass is 10.0. The van der Waals surface area contributed by atoms with Gasteiger partial charge >= 0.3 is 5.97 Å². The molecule has 0 radical (unpaired) electrons. The van der Waals surface area contributed by atoms with Crippen LogP contribution in [0, 0.1) is 0 Å². The highest BCUT2D eigenvalue weighted by Crippen LogP contribution is 2.34. The van der Waals surface area contributed by atoms with Crippen LogP contribution in [0.1, 0.15) is 34.8 Å². The lowest BCUT2D eigenvalue weighted by Gasteiger charge is -2.11. The summed E-state index contributed by atoms with van der Waals surface area (Å²) in [6.07, 6.45) is 2.06. The zero-order valence-corrected chi connectivity index (χ0v) is 9.09. The Morgan fingerprint density at radius 1 is 1.53 bits per heavy atom. The first-order valence-corrected chi connectivity index (χ1v) is 5.92. The Hall–Kier alpha value is -1.00. The number of aromatic carboxylic acids is 1. The van der Waals surface area contributed by atoms with Crippen molar-refractivity contribution in [2.75, 3.05) is 5.75 Å². The van der Waals surface area contributed by atoms with Crippen LogP contribution in [-0.2, 0) is 0 Å². The monoisotopic (exact) mass is 223 g/mol. The summed E-state index contributed by atoms with van der Waals surface area (Å²) in [6.45, 7) is 0. The van der Waals surface area contributed by atoms with E-state index in [1.807, 2.05) is 6.07 Å². The number of thioether (sulfide) groups is 1. The second-order valence-electron chi connectivity index (χ2n) is 3.65. The molecule has 1 unspecified atom stereocenters. The van der Waals surface area contributed by atoms with Gasteiger partial charge in [-0.05, 0) is 36.3 Å². The molecule has 3 N–H and O–H groups in total. The fourth-order valence-electron chi connectivity index (χ4n) is 1.74. The van der Waals surface area contributed by atoms with Gasteiger partial charge in [0.15, 0.2) is 0 Å². The molecule has 0 amide bonds. The van der Waals surface area contributed by atoms with E-state index in [0.717, 1.165) is 29.1 Å². The third-order valence-electron chi connectivity index (χ3n) is 2.58. The maximum atomic E-state index is 10.8. The predicted octanol–water partition coefficient (Wildman–Crippen LogP) is 2.27. The van der Waals surface area contributed by atoms with Gasteiger partial charge < -0.3 is 10.8 Å². The molecule has 0 aliphatic carbocycles. The first-order valence-electron chi connectivity index (χ1n) is 4.94. The van der Waals surface area contributed by atoms with Gasteiger partial charge in [-0.1, -0.05) is 6.07 Å². The van der Waals surface area contributed by atoms with E-state index < -0.39 is 5.97 Å². The van der Waals surface area contributed by atoms with E-state index in [9.17, 15) is 4.79 Å². The van der Waals surface area contributed by atoms with Gasteiger partial charge in [-0.15, -0.1) is 11.8 Å². The standard InChI is InChI=1S/C11H13NO2S/c12-9-2-1-5-15-10-6-7(11(13)14)3-4-8(9)10/h3-4,6,9H,1-2,5,12H2,(H,13,14). The van der Waals surface area contributed by atoms with Crippen LogP contribution in [0.15, 0.2) is 23.1 Å². The number of hydrogen-bond acceptors (Lipinski definition) is 3. The summed E-state index contributed by atoms with van der Waals surface area (Å²) in [5.41, 5.74) is 7.44. The fourth-order valence-corrected chi connectivity index (χ4v) is 2.87. The Balaban J connectivity index is 2.42. The molecule has 15 heavy (non-hydrogen) atoms. The zero-order chi connectivity index (χ0) is 10.8. The van der Waals surface area contributed by atoms with Gasteiger partial charge in [-0.3, -0.25) is 0 Å². The van der Waals surface area contributed by atoms with Crippen molar-refractivity contribution in [3.05, 3.63) is 29.3 Å². The van der Waals surface area contributed by atoms with Crippen molar-refractivity contribution in [3.63, 3.8) is 0 Å². The van der Waals surface area contributed by atoms with Crippen LogP contribution >= 0.6 is 11.8 Å². The number of nitrogens with two attached hydrogens (primary N) is 1. The summed E-state index contributed by atoms with van der Waals surface area (Å²) in [4.78, 5) is 11.8. The number of rotatable bonds is 1. The summed E-state index contributed by atoms with van der Waals surface area (Å²) >= 11 is 1.70. The summed E-state index contributed by atoms with van der Waals surface area (Å²) < 4.78 is 0. The summed E-state index contributed by atoms with van der Waals surface area (Å²) in [5, 5.41) is 8.88. The van der Waals surface area contributed by atoms with E-state index in [4.69, 9.17) is 10.8 Å². The first kappa shape index (κ1) is 10.5. The lowest BCUT2D eigenvalue weighted by Crippen LogP contribution is -2.10. The van der Waals surface area contributed by atoms with Crippen LogP contribution < -0.4 is 5.73 Å². The van der Waals surface area contributed by atoms with E-state index >= 15 is 0 Å². The highest BCUT2D eigenvalue weighted by Gasteiger charge is 2.17. The number of carboxylic acid groups (broad SMARTS) is 1. The molecule has 1 heterocycles. The average molecular weight is 223 g/mol. The van der Waals surface area contributed by atoms with Gasteiger partial charge in [0.2, 0.25) is 0 Å². The Bertz CT molecular complexity index is 392. The normalized spacial score (nSPS) is 20.5. The zero-order valence-electron chi connectivity index (χ0n) is 8.27. The van der Waals surface area contributed by atoms with Crippen molar-refractivity contribution in [2.24, 2.45) is 5.73 Å². The lowest BCUT2D eigenvalue weighted by molar-refractivity contribution is 0.0696. The van der Waals surface area contributed by atoms with Crippen LogP contribution in [0.2, 0.25) is 0 Å². The molecule has 80 valence electrons. The van der Waals surface area contributed by atoms with Crippen LogP contribution in [0.25, 0.3) is 0 Å². The van der Waals surface area contributed by atoms with Crippen molar-refractivity contribution < 1.29 is 9.90 Å². The van der Waals surface area contributed by atoms with Gasteiger partial charge in [0, 0.05) is 10.9 Å². The quantitative estimate of drug-likeness (QED) is 0.766. The maximum absolute atomic E-state index is 10.8. The molecule has 1 aliphatic rings. The molecule has 0 fully saturated rings. The van der Waals surface area contributed by atoms with Crippen molar-refractivity contribution >= 4 is 17.7 Å². The van der Waals surface area contributed by atoms with Gasteiger partial charge in [0.25, 0.3) is 0 Å². The summed E-state index contributed by atoms with van der Waals surface area (Å²) in [6, 6.07) is 5.26. The largest absolute Gasteiger partial charge is 0.478 e. The summed E-state index contributed by atoms with van der Waals surface area (Å²) in [7, 11) is 0. The van der Waals surface area contributed by atoms with Crippen LogP contribution in [-0.4, -0.2) is 16.8 Å². The van der Waals surface area contributed by atoms with E-state index in [-0.39, 0.29) is 6.04 Å². The first-order chi connectivity index (χ1) is 7.18. The molecule has 3 nitrogen and oxygen atoms in total. The Morgan fingerprint density at radius 3 is 3.07 bits per heavy atom. The fraction of sp³-hybridized carbons (Fsp3) is 0.364. The minimum atomic E-state index is -0.879. The Kier molecular flexibility index (Phi) is 2.98. The second-order valence-corrected chi connectivity index (χ2v) is 4.79. The van der Waals surface area contributed by atoms with Crippen LogP contribution in [0.5, 0.6) is 0 Å². The summed E-state index contributed by atoms with van der Waals surface area (Å²) in [5.74, 6) is 0.139. The molecule has 1 atom stereocenters. The molecule has 1 aliphatic heterocycles. The van der Waals surface area contributed by atoms with Gasteiger partial charge in [-0.25, -0.2) is 4.79 Å². The molecule has 1 aromatic rings. The maximum Gasteiger partial charge on any atom is 0.335 e. The molecule has 0 bridgehead atoms. The third-order valence-corrected chi connectivity index (χ3v) is 3.73. The number of fused-ring (bicyclic) bond motifs is 1. The molecule has 0 saturated carbocycles. The van der Waals surface area contributed by atoms with Crippen molar-refractivity contribution in [1.29, 1.82) is 0 Å². The number of hydrogen-bond donors (Lipinski definition) is 2. The molecular formula is C11H13NO2S. The molecule has 0 aromatic heterocycles. The highest BCUT2D eigenvalue weighted by molar-refractivity contribution is 7.99. The minimum Gasteiger partial charge on any atom is -0.478 e. The van der Waals surface area contributed by atoms with Crippen molar-refractivity contribution in [2.45, 2.75) is 23.8 Å². The van der Waals surface area contributed by atoms with Crippen LogP contribution in [0.3, 0.4) is 0 Å². The van der Waals surface area contributed by atoms with E-state index in [1.54, 1.807) is 23.9 Å². The van der Waals surface area contributed by atoms with Crippen LogP contribution in [0.4, 0.5) is 0 Å². The Morgan fingerprint density at radius 2 is 2.33 bits per heavy atom. The molecule has 0 saturated heterocycles. The second kappa shape index (κ2) is 4.24. The third kappa shape index (κ3) is 2.16. The molecular weight excluding hydrogens is 210 g/mol. The highest BCUT2D eigenvalue weighted by atomic mass is 32.2. The van der Waals surface area contributed by atoms with Gasteiger partial charge in [0.1, 0.15) is 0 Å². The van der Waals surface area contributed by atoms with Gasteiger partial charge in [-0.2, -0.15) is 0 Å². The average Bonchev–Trinajstić information content (AvgIpc) is 2.40. The smallest absolute Gasteiger partial charge is 0.335 e.